The molecule has 0 aliphatic rings. The fourth-order valence-electron chi connectivity index (χ4n) is 1.08. The molecule has 1 aromatic rings. The number of hydrogen-bond donors (Lipinski definition) is 2. The largest absolute Gasteiger partial charge is 0.417 e. The van der Waals surface area contributed by atoms with E-state index in [2.05, 4.69) is 8.38 Å². The zero-order valence-corrected chi connectivity index (χ0v) is 9.47. The van der Waals surface area contributed by atoms with Crippen molar-refractivity contribution < 1.29 is 13.0 Å². The molecule has 0 aliphatic heterocycles. The SMILES string of the molecule is O=C(N[C@@H](CO)c1ccccc1)OI. The van der Waals surface area contributed by atoms with Crippen LogP contribution in [0.25, 0.3) is 0 Å². The Labute approximate surface area is 96.0 Å². The summed E-state index contributed by atoms with van der Waals surface area (Å²) in [7, 11) is 0. The molecule has 0 aliphatic carbocycles. The molecule has 14 heavy (non-hydrogen) atoms. The normalized spacial score (nSPS) is 11.9. The van der Waals surface area contributed by atoms with Crippen LogP contribution in [0.15, 0.2) is 30.3 Å². The maximum Gasteiger partial charge on any atom is 0.417 e. The van der Waals surface area contributed by atoms with E-state index in [0.29, 0.717) is 0 Å². The van der Waals surface area contributed by atoms with Crippen molar-refractivity contribution in [3.8, 4) is 0 Å². The summed E-state index contributed by atoms with van der Waals surface area (Å²) in [6.07, 6.45) is -0.562. The Balaban J connectivity index is 2.68. The van der Waals surface area contributed by atoms with Crippen LogP contribution in [-0.4, -0.2) is 17.8 Å². The zero-order chi connectivity index (χ0) is 10.4. The third-order valence-corrected chi connectivity index (χ3v) is 2.15. The molecule has 1 amide bonds. The van der Waals surface area contributed by atoms with Gasteiger partial charge in [0.05, 0.1) is 12.6 Å². The molecule has 0 saturated carbocycles. The van der Waals surface area contributed by atoms with Gasteiger partial charge in [-0.1, -0.05) is 30.3 Å². The molecule has 76 valence electrons. The van der Waals surface area contributed by atoms with Gasteiger partial charge in [-0.15, -0.1) is 0 Å². The van der Waals surface area contributed by atoms with E-state index in [9.17, 15) is 4.79 Å². The van der Waals surface area contributed by atoms with Gasteiger partial charge in [0.1, 0.15) is 0 Å². The molecule has 1 aromatic carbocycles. The second-order valence-corrected chi connectivity index (χ2v) is 3.10. The number of carbonyl (C=O) groups excluding carboxylic acids is 1. The predicted molar refractivity (Wildman–Crippen MR) is 59.9 cm³/mol. The standard InChI is InChI=1S/C9H10INO3/c10-14-9(13)11-8(6-12)7-4-2-1-3-5-7/h1-5,8,12H,6H2,(H,11,13)/t8-/m0/s1. The molecular formula is C9H10INO3. The van der Waals surface area contributed by atoms with Crippen molar-refractivity contribution in [2.45, 2.75) is 6.04 Å². The van der Waals surface area contributed by atoms with Crippen molar-refractivity contribution in [3.63, 3.8) is 0 Å². The Morgan fingerprint density at radius 1 is 1.50 bits per heavy atom. The van der Waals surface area contributed by atoms with Gasteiger partial charge in [0, 0.05) is 0 Å². The second-order valence-electron chi connectivity index (χ2n) is 2.65. The fourth-order valence-corrected chi connectivity index (χ4v) is 1.21. The van der Waals surface area contributed by atoms with Gasteiger partial charge in [-0.3, -0.25) is 0 Å². The second kappa shape index (κ2) is 5.82. The maximum atomic E-state index is 10.9. The number of halogens is 1. The highest BCUT2D eigenvalue weighted by Crippen LogP contribution is 2.11. The van der Waals surface area contributed by atoms with Crippen molar-refractivity contribution in [2.75, 3.05) is 6.61 Å². The molecular weight excluding hydrogens is 297 g/mol. The lowest BCUT2D eigenvalue weighted by molar-refractivity contribution is 0.195. The van der Waals surface area contributed by atoms with E-state index in [1.165, 1.54) is 23.0 Å². The molecule has 0 fully saturated rings. The minimum absolute atomic E-state index is 0.157. The number of rotatable bonds is 3. The highest BCUT2D eigenvalue weighted by Gasteiger charge is 2.13. The highest BCUT2D eigenvalue weighted by molar-refractivity contribution is 14.1. The van der Waals surface area contributed by atoms with Crippen molar-refractivity contribution in [3.05, 3.63) is 35.9 Å². The zero-order valence-electron chi connectivity index (χ0n) is 7.31. The molecule has 0 saturated heterocycles. The molecule has 2 N–H and O–H groups in total. The lowest BCUT2D eigenvalue weighted by Crippen LogP contribution is -2.29. The van der Waals surface area contributed by atoms with Crippen LogP contribution in [0.4, 0.5) is 4.79 Å². The Morgan fingerprint density at radius 2 is 2.14 bits per heavy atom. The van der Waals surface area contributed by atoms with Crippen LogP contribution in [0, 0.1) is 0 Å². The summed E-state index contributed by atoms with van der Waals surface area (Å²) in [4.78, 5) is 10.9. The van der Waals surface area contributed by atoms with Gasteiger partial charge in [-0.2, -0.15) is 0 Å². The van der Waals surface area contributed by atoms with Crippen molar-refractivity contribution >= 4 is 29.1 Å². The first-order chi connectivity index (χ1) is 6.77. The number of aliphatic hydroxyl groups is 1. The van der Waals surface area contributed by atoms with Crippen LogP contribution in [0.3, 0.4) is 0 Å². The summed E-state index contributed by atoms with van der Waals surface area (Å²) >= 11 is 1.49. The van der Waals surface area contributed by atoms with Crippen molar-refractivity contribution in [1.82, 2.24) is 5.32 Å². The van der Waals surface area contributed by atoms with Crippen LogP contribution in [0.5, 0.6) is 0 Å². The minimum atomic E-state index is -0.562. The molecule has 0 spiro atoms. The predicted octanol–water partition coefficient (Wildman–Crippen LogP) is 1.80. The average molecular weight is 307 g/mol. The Morgan fingerprint density at radius 3 is 2.64 bits per heavy atom. The van der Waals surface area contributed by atoms with Crippen molar-refractivity contribution in [2.24, 2.45) is 0 Å². The van der Waals surface area contributed by atoms with Gasteiger partial charge in [-0.25, -0.2) is 4.79 Å². The van der Waals surface area contributed by atoms with E-state index in [0.717, 1.165) is 5.56 Å². The first-order valence-electron chi connectivity index (χ1n) is 4.03. The fraction of sp³-hybridized carbons (Fsp3) is 0.222. The smallest absolute Gasteiger partial charge is 0.394 e. The summed E-state index contributed by atoms with van der Waals surface area (Å²) in [6, 6.07) is 8.79. The third kappa shape index (κ3) is 3.15. The molecule has 0 bridgehead atoms. The summed E-state index contributed by atoms with van der Waals surface area (Å²) in [5.74, 6) is 0. The van der Waals surface area contributed by atoms with Gasteiger partial charge >= 0.3 is 6.09 Å². The molecule has 1 atom stereocenters. The Kier molecular flexibility index (Phi) is 4.68. The van der Waals surface area contributed by atoms with E-state index in [4.69, 9.17) is 5.11 Å². The summed E-state index contributed by atoms with van der Waals surface area (Å²) in [5.41, 5.74) is 0.844. The van der Waals surface area contributed by atoms with Crippen LogP contribution >= 0.6 is 23.0 Å². The van der Waals surface area contributed by atoms with Crippen LogP contribution in [-0.2, 0) is 3.07 Å². The highest BCUT2D eigenvalue weighted by atomic mass is 127. The molecule has 0 radical (unpaired) electrons. The van der Waals surface area contributed by atoms with E-state index >= 15 is 0 Å². The number of benzene rings is 1. The quantitative estimate of drug-likeness (QED) is 0.837. The molecule has 0 aromatic heterocycles. The Bertz CT molecular complexity index is 291. The van der Waals surface area contributed by atoms with Crippen LogP contribution in [0.1, 0.15) is 11.6 Å². The lowest BCUT2D eigenvalue weighted by atomic mass is 10.1. The minimum Gasteiger partial charge on any atom is -0.394 e. The number of aliphatic hydroxyl groups excluding tert-OH is 1. The van der Waals surface area contributed by atoms with E-state index in [-0.39, 0.29) is 6.61 Å². The number of carbonyl (C=O) groups is 1. The molecule has 4 nitrogen and oxygen atoms in total. The summed E-state index contributed by atoms with van der Waals surface area (Å²) in [5, 5.41) is 11.6. The molecule has 0 heterocycles. The van der Waals surface area contributed by atoms with E-state index < -0.39 is 12.1 Å². The number of hydrogen-bond acceptors (Lipinski definition) is 3. The summed E-state index contributed by atoms with van der Waals surface area (Å²) in [6.45, 7) is -0.157. The maximum absolute atomic E-state index is 10.9. The topological polar surface area (TPSA) is 58.6 Å². The first-order valence-corrected chi connectivity index (χ1v) is 4.91. The van der Waals surface area contributed by atoms with E-state index in [1.54, 1.807) is 0 Å². The van der Waals surface area contributed by atoms with E-state index in [1.807, 2.05) is 30.3 Å². The molecule has 1 rings (SSSR count). The van der Waals surface area contributed by atoms with Gasteiger partial charge in [0.15, 0.2) is 23.0 Å². The lowest BCUT2D eigenvalue weighted by Gasteiger charge is -2.14. The first kappa shape index (κ1) is 11.3. The average Bonchev–Trinajstić information content (AvgIpc) is 2.26. The van der Waals surface area contributed by atoms with Gasteiger partial charge in [0.2, 0.25) is 0 Å². The van der Waals surface area contributed by atoms with Crippen molar-refractivity contribution in [1.29, 1.82) is 0 Å². The molecule has 0 unspecified atom stereocenters. The number of amides is 1. The Hall–Kier alpha value is -0.820. The van der Waals surface area contributed by atoms with Gasteiger partial charge in [0.25, 0.3) is 0 Å². The van der Waals surface area contributed by atoms with Crippen LogP contribution in [0.2, 0.25) is 0 Å². The van der Waals surface area contributed by atoms with Gasteiger partial charge in [-0.05, 0) is 5.56 Å². The molecule has 5 heteroatoms. The van der Waals surface area contributed by atoms with Gasteiger partial charge < -0.3 is 13.5 Å². The monoisotopic (exact) mass is 307 g/mol. The number of nitrogens with one attached hydrogen (secondary N) is 1. The van der Waals surface area contributed by atoms with Crippen LogP contribution < -0.4 is 5.32 Å². The summed E-state index contributed by atoms with van der Waals surface area (Å²) < 4.78 is 4.41. The third-order valence-electron chi connectivity index (χ3n) is 1.75.